The molecule has 0 N–H and O–H groups in total. The quantitative estimate of drug-likeness (QED) is 0.545. The molecule has 6 heteroatoms. The van der Waals surface area contributed by atoms with Crippen LogP contribution in [-0.4, -0.2) is 41.5 Å². The lowest BCUT2D eigenvalue weighted by Gasteiger charge is -2.18. The number of aryl methyl sites for hydroxylation is 1. The van der Waals surface area contributed by atoms with Gasteiger partial charge in [-0.2, -0.15) is 0 Å². The Morgan fingerprint density at radius 1 is 1.46 bits per heavy atom. The Balaban J connectivity index is 1.86. The van der Waals surface area contributed by atoms with Crippen LogP contribution in [0.1, 0.15) is 49.3 Å². The molecule has 2 fully saturated rings. The van der Waals surface area contributed by atoms with E-state index in [1.54, 1.807) is 12.0 Å². The highest BCUT2D eigenvalue weighted by atomic mass is 32.2. The number of nitrogens with zero attached hydrogens (tertiary/aromatic N) is 1. The molecule has 0 aromatic heterocycles. The Labute approximate surface area is 164 Å². The molecule has 140 valence electrons. The van der Waals surface area contributed by atoms with Gasteiger partial charge in [-0.1, -0.05) is 37.8 Å². The molecule has 3 rings (SSSR count). The molecule has 2 saturated heterocycles. The standard InChI is InChI=1S/C20H25NO3S2/c1-12(2)16-9-14(13(3)8-17(16)23-4)10-18-19(22)21(20(25)26-18)11-15-6-5-7-24-15/h8-10,12,15H,5-7,11H2,1-4H3/b18-10-/t15-/m1/s1. The minimum atomic E-state index is -0.0168. The van der Waals surface area contributed by atoms with Crippen LogP contribution in [0.25, 0.3) is 6.08 Å². The van der Waals surface area contributed by atoms with Crippen molar-refractivity contribution in [1.82, 2.24) is 4.90 Å². The van der Waals surface area contributed by atoms with Crippen LogP contribution in [0.5, 0.6) is 5.75 Å². The minimum absolute atomic E-state index is 0.0168. The zero-order valence-electron chi connectivity index (χ0n) is 15.7. The monoisotopic (exact) mass is 391 g/mol. The molecule has 2 aliphatic rings. The van der Waals surface area contributed by atoms with Crippen molar-refractivity contribution in [3.8, 4) is 5.75 Å². The number of thiocarbonyl (C=S) groups is 1. The predicted octanol–water partition coefficient (Wildman–Crippen LogP) is 4.51. The molecular formula is C20H25NO3S2. The Bertz CT molecular complexity index is 752. The van der Waals surface area contributed by atoms with Gasteiger partial charge in [-0.05, 0) is 60.6 Å². The van der Waals surface area contributed by atoms with Crippen molar-refractivity contribution in [3.05, 3.63) is 33.7 Å². The van der Waals surface area contributed by atoms with Gasteiger partial charge in [0.05, 0.1) is 24.7 Å². The molecule has 0 aliphatic carbocycles. The first-order valence-corrected chi connectivity index (χ1v) is 10.2. The van der Waals surface area contributed by atoms with Gasteiger partial charge in [0.25, 0.3) is 5.91 Å². The second kappa shape index (κ2) is 8.11. The average Bonchev–Trinajstić information content (AvgIpc) is 3.20. The van der Waals surface area contributed by atoms with Crippen molar-refractivity contribution in [1.29, 1.82) is 0 Å². The van der Waals surface area contributed by atoms with E-state index >= 15 is 0 Å². The van der Waals surface area contributed by atoms with Gasteiger partial charge in [0.1, 0.15) is 10.1 Å². The van der Waals surface area contributed by atoms with Crippen LogP contribution in [0, 0.1) is 6.92 Å². The highest BCUT2D eigenvalue weighted by molar-refractivity contribution is 8.26. The first-order valence-electron chi connectivity index (χ1n) is 8.96. The first kappa shape index (κ1) is 19.4. The van der Waals surface area contributed by atoms with Crippen LogP contribution < -0.4 is 4.74 Å². The van der Waals surface area contributed by atoms with Crippen LogP contribution in [0.2, 0.25) is 0 Å². The third-order valence-corrected chi connectivity index (χ3v) is 6.19. The van der Waals surface area contributed by atoms with Gasteiger partial charge < -0.3 is 9.47 Å². The number of carbonyl (C=O) groups is 1. The normalized spacial score (nSPS) is 22.1. The van der Waals surface area contributed by atoms with E-state index in [-0.39, 0.29) is 12.0 Å². The highest BCUT2D eigenvalue weighted by Crippen LogP contribution is 2.36. The zero-order valence-corrected chi connectivity index (χ0v) is 17.3. The summed E-state index contributed by atoms with van der Waals surface area (Å²) in [7, 11) is 1.69. The van der Waals surface area contributed by atoms with Crippen LogP contribution in [0.3, 0.4) is 0 Å². The molecule has 1 aromatic rings. The summed E-state index contributed by atoms with van der Waals surface area (Å²) < 4.78 is 11.8. The number of hydrogen-bond acceptors (Lipinski definition) is 5. The Kier molecular flexibility index (Phi) is 6.05. The third-order valence-electron chi connectivity index (χ3n) is 4.81. The average molecular weight is 392 g/mol. The van der Waals surface area contributed by atoms with Gasteiger partial charge in [-0.25, -0.2) is 0 Å². The summed E-state index contributed by atoms with van der Waals surface area (Å²) in [5, 5.41) is 0. The van der Waals surface area contributed by atoms with E-state index in [0.29, 0.717) is 21.7 Å². The van der Waals surface area contributed by atoms with Crippen LogP contribution in [-0.2, 0) is 9.53 Å². The van der Waals surface area contributed by atoms with E-state index in [0.717, 1.165) is 41.9 Å². The fraction of sp³-hybridized carbons (Fsp3) is 0.500. The molecule has 26 heavy (non-hydrogen) atoms. The van der Waals surface area contributed by atoms with E-state index in [1.165, 1.54) is 11.8 Å². The van der Waals surface area contributed by atoms with E-state index in [1.807, 2.05) is 19.1 Å². The van der Waals surface area contributed by atoms with Crippen LogP contribution in [0.4, 0.5) is 0 Å². The first-order chi connectivity index (χ1) is 12.4. The molecule has 0 unspecified atom stereocenters. The number of rotatable bonds is 5. The van der Waals surface area contributed by atoms with Crippen LogP contribution >= 0.6 is 24.0 Å². The summed E-state index contributed by atoms with van der Waals surface area (Å²) in [6, 6.07) is 4.15. The van der Waals surface area contributed by atoms with Gasteiger partial charge in [0.15, 0.2) is 0 Å². The maximum atomic E-state index is 12.8. The van der Waals surface area contributed by atoms with Gasteiger partial charge in [0.2, 0.25) is 0 Å². The van der Waals surface area contributed by atoms with Crippen molar-refractivity contribution < 1.29 is 14.3 Å². The number of carbonyl (C=O) groups excluding carboxylic acids is 1. The Hall–Kier alpha value is -1.37. The lowest BCUT2D eigenvalue weighted by atomic mass is 9.96. The van der Waals surface area contributed by atoms with Crippen molar-refractivity contribution in [2.45, 2.75) is 45.6 Å². The molecule has 0 bridgehead atoms. The third kappa shape index (κ3) is 3.97. The predicted molar refractivity (Wildman–Crippen MR) is 111 cm³/mol. The number of thioether (sulfide) groups is 1. The van der Waals surface area contributed by atoms with Crippen molar-refractivity contribution in [2.75, 3.05) is 20.3 Å². The largest absolute Gasteiger partial charge is 0.496 e. The summed E-state index contributed by atoms with van der Waals surface area (Å²) in [5.74, 6) is 1.21. The summed E-state index contributed by atoms with van der Waals surface area (Å²) in [5.41, 5.74) is 3.25. The second-order valence-corrected chi connectivity index (χ2v) is 8.71. The summed E-state index contributed by atoms with van der Waals surface area (Å²) >= 11 is 6.81. The van der Waals surface area contributed by atoms with E-state index in [4.69, 9.17) is 21.7 Å². The van der Waals surface area contributed by atoms with Gasteiger partial charge in [-0.3, -0.25) is 9.69 Å². The van der Waals surface area contributed by atoms with E-state index in [9.17, 15) is 4.79 Å². The van der Waals surface area contributed by atoms with E-state index in [2.05, 4.69) is 19.9 Å². The maximum Gasteiger partial charge on any atom is 0.266 e. The molecule has 2 heterocycles. The smallest absolute Gasteiger partial charge is 0.266 e. The van der Waals surface area contributed by atoms with Crippen molar-refractivity contribution in [2.24, 2.45) is 0 Å². The number of benzene rings is 1. The highest BCUT2D eigenvalue weighted by Gasteiger charge is 2.34. The van der Waals surface area contributed by atoms with Crippen molar-refractivity contribution in [3.63, 3.8) is 0 Å². The molecule has 0 saturated carbocycles. The molecule has 1 aromatic carbocycles. The molecule has 1 amide bonds. The molecular weight excluding hydrogens is 366 g/mol. The zero-order chi connectivity index (χ0) is 18.8. The molecule has 1 atom stereocenters. The van der Waals surface area contributed by atoms with E-state index < -0.39 is 0 Å². The molecule has 0 radical (unpaired) electrons. The molecule has 2 aliphatic heterocycles. The van der Waals surface area contributed by atoms with Gasteiger partial charge >= 0.3 is 0 Å². The maximum absolute atomic E-state index is 12.8. The summed E-state index contributed by atoms with van der Waals surface area (Å²) in [6.45, 7) is 7.64. The fourth-order valence-corrected chi connectivity index (χ4v) is 4.56. The Morgan fingerprint density at radius 2 is 2.23 bits per heavy atom. The van der Waals surface area contributed by atoms with Gasteiger partial charge in [-0.15, -0.1) is 0 Å². The number of methoxy groups -OCH3 is 1. The second-order valence-electron chi connectivity index (χ2n) is 7.03. The molecule has 0 spiro atoms. The number of hydrogen-bond donors (Lipinski definition) is 0. The SMILES string of the molecule is COc1cc(C)c(/C=C2\SC(=S)N(C[C@H]3CCCO3)C2=O)cc1C(C)C. The van der Waals surface area contributed by atoms with Crippen molar-refractivity contribution >= 4 is 40.3 Å². The van der Waals surface area contributed by atoms with Gasteiger partial charge in [0, 0.05) is 6.61 Å². The lowest BCUT2D eigenvalue weighted by molar-refractivity contribution is -0.123. The summed E-state index contributed by atoms with van der Waals surface area (Å²) in [4.78, 5) is 15.2. The minimum Gasteiger partial charge on any atom is -0.496 e. The topological polar surface area (TPSA) is 38.8 Å². The van der Waals surface area contributed by atoms with Crippen LogP contribution in [0.15, 0.2) is 17.0 Å². The summed E-state index contributed by atoms with van der Waals surface area (Å²) in [6.07, 6.45) is 4.10. The molecule has 4 nitrogen and oxygen atoms in total. The Morgan fingerprint density at radius 3 is 2.85 bits per heavy atom. The number of amides is 1. The number of ether oxygens (including phenoxy) is 2. The lowest BCUT2D eigenvalue weighted by Crippen LogP contribution is -2.35. The fourth-order valence-electron chi connectivity index (χ4n) is 3.29.